The number of aliphatic hydroxyl groups excluding tert-OH is 2. The summed E-state index contributed by atoms with van der Waals surface area (Å²) < 4.78 is 10.6. The lowest BCUT2D eigenvalue weighted by molar-refractivity contribution is -0.132. The number of benzene rings is 4. The lowest BCUT2D eigenvalue weighted by Crippen LogP contribution is -2.51. The van der Waals surface area contributed by atoms with Gasteiger partial charge in [0.15, 0.2) is 23.0 Å². The number of nitrogens with zero attached hydrogens (tertiary/aromatic N) is 1. The third kappa shape index (κ3) is 8.25. The minimum absolute atomic E-state index is 0.00658. The Morgan fingerprint density at radius 2 is 1.66 bits per heavy atom. The fourth-order valence-corrected chi connectivity index (χ4v) is 8.91. The van der Waals surface area contributed by atoms with Crippen LogP contribution in [0.5, 0.6) is 34.5 Å². The minimum atomic E-state index is -1.17. The van der Waals surface area contributed by atoms with Crippen molar-refractivity contribution in [3.05, 3.63) is 126 Å². The van der Waals surface area contributed by atoms with Crippen LogP contribution in [0.3, 0.4) is 0 Å². The van der Waals surface area contributed by atoms with Gasteiger partial charge in [0.1, 0.15) is 17.4 Å². The number of carbonyl (C=O) groups is 1. The Morgan fingerprint density at radius 1 is 0.879 bits per heavy atom. The Kier molecular flexibility index (Phi) is 11.8. The molecule has 5 unspecified atom stereocenters. The number of nitrogens with one attached hydrogen (secondary N) is 2. The molecule has 12 nitrogen and oxygen atoms in total. The van der Waals surface area contributed by atoms with E-state index in [4.69, 9.17) is 9.47 Å². The summed E-state index contributed by atoms with van der Waals surface area (Å²) >= 11 is 0. The Hall–Kier alpha value is -6.24. The molecule has 2 heterocycles. The van der Waals surface area contributed by atoms with Crippen molar-refractivity contribution in [1.82, 2.24) is 9.97 Å². The number of aliphatic hydroxyl groups is 2. The highest BCUT2D eigenvalue weighted by molar-refractivity contribution is 5.87. The van der Waals surface area contributed by atoms with E-state index in [0.29, 0.717) is 42.8 Å². The van der Waals surface area contributed by atoms with Crippen molar-refractivity contribution in [1.29, 1.82) is 0 Å². The number of aryl methyl sites for hydroxylation is 2. The van der Waals surface area contributed by atoms with E-state index in [9.17, 15) is 30.6 Å². The third-order valence-corrected chi connectivity index (χ3v) is 11.7. The van der Waals surface area contributed by atoms with Gasteiger partial charge in [0.2, 0.25) is 5.75 Å². The zero-order valence-corrected chi connectivity index (χ0v) is 32.4. The van der Waals surface area contributed by atoms with Crippen molar-refractivity contribution < 1.29 is 44.9 Å². The predicted octanol–water partition coefficient (Wildman–Crippen LogP) is 7.21. The Labute approximate surface area is 336 Å². The van der Waals surface area contributed by atoms with Gasteiger partial charge in [0, 0.05) is 41.5 Å². The first kappa shape index (κ1) is 40.0. The van der Waals surface area contributed by atoms with Gasteiger partial charge in [-0.1, -0.05) is 18.2 Å². The second kappa shape index (κ2) is 17.1. The molecule has 1 aliphatic rings. The van der Waals surface area contributed by atoms with Gasteiger partial charge in [-0.3, -0.25) is 4.79 Å². The zero-order chi connectivity index (χ0) is 41.0. The van der Waals surface area contributed by atoms with Gasteiger partial charge in [-0.05, 0) is 139 Å². The molecule has 0 radical (unpaired) electrons. The van der Waals surface area contributed by atoms with Gasteiger partial charge < -0.3 is 50.4 Å². The predicted molar refractivity (Wildman–Crippen MR) is 220 cm³/mol. The SMILES string of the molecule is COc1cc(CCC(O)C(C(=O)CCc2cc(O)c(O)c(OC)c2)C2(c3ccnc(Nc4ccc5cc(O)ccc5c4)c3)CCC(O)C2Cc2ccc[nH]2)ccc1O. The first-order valence-electron chi connectivity index (χ1n) is 19.4. The topological polar surface area (TPSA) is 198 Å². The van der Waals surface area contributed by atoms with Crippen LogP contribution in [-0.4, -0.2) is 72.8 Å². The van der Waals surface area contributed by atoms with Crippen LogP contribution >= 0.6 is 0 Å². The van der Waals surface area contributed by atoms with E-state index in [0.717, 1.165) is 33.3 Å². The van der Waals surface area contributed by atoms with Gasteiger partial charge in [0.25, 0.3) is 0 Å². The molecule has 0 aliphatic heterocycles. The molecule has 7 rings (SSSR count). The molecule has 12 heteroatoms. The summed E-state index contributed by atoms with van der Waals surface area (Å²) in [5.41, 5.74) is 2.69. The number of Topliss-reactive ketones (excluding diaryl/α,β-unsaturated/α-hetero) is 1. The zero-order valence-electron chi connectivity index (χ0n) is 32.4. The number of hydrogen-bond acceptors (Lipinski definition) is 11. The molecule has 0 amide bonds. The van der Waals surface area contributed by atoms with Gasteiger partial charge >= 0.3 is 0 Å². The van der Waals surface area contributed by atoms with E-state index in [2.05, 4.69) is 15.3 Å². The van der Waals surface area contributed by atoms with Crippen molar-refractivity contribution in [3.8, 4) is 34.5 Å². The fourth-order valence-electron chi connectivity index (χ4n) is 8.91. The number of carbonyl (C=O) groups excluding carboxylic acids is 1. The van der Waals surface area contributed by atoms with Gasteiger partial charge in [-0.25, -0.2) is 4.98 Å². The molecular weight excluding hydrogens is 739 g/mol. The second-order valence-electron chi connectivity index (χ2n) is 15.2. The number of hydrogen-bond donors (Lipinski definition) is 8. The number of anilines is 2. The number of aromatic nitrogens is 2. The van der Waals surface area contributed by atoms with Crippen LogP contribution in [0.4, 0.5) is 11.5 Å². The minimum Gasteiger partial charge on any atom is -0.508 e. The number of aromatic amines is 1. The number of ketones is 1. The number of aromatic hydroxyl groups is 4. The molecule has 5 atom stereocenters. The molecule has 0 bridgehead atoms. The normalized spacial score (nSPS) is 18.8. The van der Waals surface area contributed by atoms with Gasteiger partial charge in [0.05, 0.1) is 32.3 Å². The molecular formula is C46H49N3O9. The monoisotopic (exact) mass is 787 g/mol. The maximum Gasteiger partial charge on any atom is 0.200 e. The highest BCUT2D eigenvalue weighted by Crippen LogP contribution is 2.54. The van der Waals surface area contributed by atoms with Crippen molar-refractivity contribution in [2.75, 3.05) is 19.5 Å². The van der Waals surface area contributed by atoms with E-state index in [1.54, 1.807) is 36.5 Å². The lowest BCUT2D eigenvalue weighted by atomic mass is 9.58. The van der Waals surface area contributed by atoms with Crippen LogP contribution < -0.4 is 14.8 Å². The number of fused-ring (bicyclic) bond motifs is 1. The molecule has 1 aliphatic carbocycles. The van der Waals surface area contributed by atoms with Crippen LogP contribution in [-0.2, 0) is 29.5 Å². The molecule has 1 fully saturated rings. The van der Waals surface area contributed by atoms with Gasteiger partial charge in [-0.2, -0.15) is 0 Å². The molecule has 58 heavy (non-hydrogen) atoms. The largest absolute Gasteiger partial charge is 0.508 e. The lowest BCUT2D eigenvalue weighted by Gasteiger charge is -2.45. The first-order valence-corrected chi connectivity index (χ1v) is 19.4. The Bertz CT molecular complexity index is 2380. The number of pyridine rings is 1. The molecule has 0 saturated heterocycles. The van der Waals surface area contributed by atoms with E-state index >= 15 is 4.79 Å². The fraction of sp³-hybridized carbons (Fsp3) is 0.304. The number of H-pyrrole nitrogens is 1. The molecule has 302 valence electrons. The van der Waals surface area contributed by atoms with Crippen LogP contribution in [0.2, 0.25) is 0 Å². The number of methoxy groups -OCH3 is 2. The van der Waals surface area contributed by atoms with Crippen molar-refractivity contribution in [3.63, 3.8) is 0 Å². The van der Waals surface area contributed by atoms with E-state index in [1.165, 1.54) is 26.4 Å². The van der Waals surface area contributed by atoms with Crippen LogP contribution in [0.25, 0.3) is 10.8 Å². The Balaban J connectivity index is 1.30. The summed E-state index contributed by atoms with van der Waals surface area (Å²) in [7, 11) is 2.84. The highest BCUT2D eigenvalue weighted by atomic mass is 16.5. The third-order valence-electron chi connectivity index (χ3n) is 11.7. The second-order valence-corrected chi connectivity index (χ2v) is 15.2. The van der Waals surface area contributed by atoms with Crippen molar-refractivity contribution in [2.24, 2.45) is 11.8 Å². The quantitative estimate of drug-likeness (QED) is 0.0462. The van der Waals surface area contributed by atoms with Crippen molar-refractivity contribution in [2.45, 2.75) is 62.6 Å². The van der Waals surface area contributed by atoms with Crippen LogP contribution in [0.1, 0.15) is 48.1 Å². The maximum atomic E-state index is 15.1. The number of ether oxygens (including phenoxy) is 2. The average Bonchev–Trinajstić information content (AvgIpc) is 3.86. The van der Waals surface area contributed by atoms with E-state index in [-0.39, 0.29) is 48.0 Å². The molecule has 1 saturated carbocycles. The Morgan fingerprint density at radius 3 is 2.43 bits per heavy atom. The summed E-state index contributed by atoms with van der Waals surface area (Å²) in [5.74, 6) is -1.43. The smallest absolute Gasteiger partial charge is 0.200 e. The molecule has 0 spiro atoms. The molecule has 8 N–H and O–H groups in total. The molecule has 4 aromatic carbocycles. The van der Waals surface area contributed by atoms with Crippen LogP contribution in [0.15, 0.2) is 103 Å². The number of phenols is 4. The maximum absolute atomic E-state index is 15.1. The standard InChI is InChI=1S/C46H49N3O9/c1-57-41-21-27(5-12-37(41)52)6-13-38(53)44(39(54)14-7-28-20-40(55)45(56)42(22-28)58-2)46(17-15-36(51)35(46)26-32-4-3-18-47-32)31-16-19-48-43(25-31)49-33-10-8-30-24-34(50)11-9-29(30)23-33/h3-5,8-12,16,18-25,35-36,38,44,47,50-53,55-56H,6-7,13-15,17,26H2,1-2H3,(H,48,49). The van der Waals surface area contributed by atoms with Crippen molar-refractivity contribution >= 4 is 28.1 Å². The average molecular weight is 788 g/mol. The van der Waals surface area contributed by atoms with Crippen LogP contribution in [0, 0.1) is 11.8 Å². The number of phenolic OH excluding ortho intramolecular Hbond substituents is 4. The van der Waals surface area contributed by atoms with E-state index in [1.807, 2.05) is 54.7 Å². The summed E-state index contributed by atoms with van der Waals surface area (Å²) in [6.07, 6.45) is 3.45. The summed E-state index contributed by atoms with van der Waals surface area (Å²) in [6, 6.07) is 26.5. The summed E-state index contributed by atoms with van der Waals surface area (Å²) in [4.78, 5) is 23.0. The number of rotatable bonds is 16. The summed E-state index contributed by atoms with van der Waals surface area (Å²) in [6.45, 7) is 0. The molecule has 6 aromatic rings. The van der Waals surface area contributed by atoms with Gasteiger partial charge in [-0.15, -0.1) is 0 Å². The first-order chi connectivity index (χ1) is 28.0. The molecule has 2 aromatic heterocycles. The van der Waals surface area contributed by atoms with E-state index < -0.39 is 35.2 Å². The highest BCUT2D eigenvalue weighted by Gasteiger charge is 2.57. The summed E-state index contributed by atoms with van der Waals surface area (Å²) in [5, 5.41) is 70.4.